The van der Waals surface area contributed by atoms with Crippen molar-refractivity contribution in [3.63, 3.8) is 0 Å². The summed E-state index contributed by atoms with van der Waals surface area (Å²) in [6.45, 7) is 3.29. The van der Waals surface area contributed by atoms with Gasteiger partial charge in [-0.15, -0.1) is 11.3 Å². The molecule has 0 radical (unpaired) electrons. The van der Waals surface area contributed by atoms with Gasteiger partial charge in [0.25, 0.3) is 0 Å². The lowest BCUT2D eigenvalue weighted by molar-refractivity contribution is 0.0750. The van der Waals surface area contributed by atoms with Gasteiger partial charge in [0.15, 0.2) is 0 Å². The van der Waals surface area contributed by atoms with Gasteiger partial charge in [-0.05, 0) is 44.1 Å². The molecule has 0 saturated carbocycles. The molecule has 1 aliphatic heterocycles. The number of para-hydroxylation sites is 1. The van der Waals surface area contributed by atoms with Crippen molar-refractivity contribution < 1.29 is 5.11 Å². The molecule has 4 nitrogen and oxygen atoms in total. The normalized spacial score (nSPS) is 19.1. The Hall–Kier alpha value is -1.79. The first-order valence-corrected chi connectivity index (χ1v) is 10.5. The van der Waals surface area contributed by atoms with Gasteiger partial charge in [0.2, 0.25) is 0 Å². The van der Waals surface area contributed by atoms with Crippen LogP contribution in [0, 0.1) is 0 Å². The standard InChI is InChI=1S/C22H27N3OS/c1-24(14-17-8-3-2-4-9-17)15-18(26)16-25-13-7-11-20(25)22-23-19-10-5-6-12-21(19)27-22/h2-6,8-10,12,18,20,26H,7,11,13-16H2,1H3. The van der Waals surface area contributed by atoms with E-state index in [-0.39, 0.29) is 6.10 Å². The monoisotopic (exact) mass is 381 g/mol. The summed E-state index contributed by atoms with van der Waals surface area (Å²) >= 11 is 1.80. The second kappa shape index (κ2) is 8.48. The van der Waals surface area contributed by atoms with E-state index < -0.39 is 0 Å². The van der Waals surface area contributed by atoms with Crippen molar-refractivity contribution in [2.45, 2.75) is 31.5 Å². The number of likely N-dealkylation sites (tertiary alicyclic amines) is 1. The Bertz CT molecular complexity index is 833. The van der Waals surface area contributed by atoms with Crippen molar-refractivity contribution in [2.24, 2.45) is 0 Å². The first kappa shape index (κ1) is 18.6. The molecule has 1 aromatic heterocycles. The number of nitrogens with zero attached hydrogens (tertiary/aromatic N) is 3. The van der Waals surface area contributed by atoms with Crippen molar-refractivity contribution in [1.29, 1.82) is 0 Å². The van der Waals surface area contributed by atoms with Crippen LogP contribution in [0.5, 0.6) is 0 Å². The number of fused-ring (bicyclic) bond motifs is 1. The SMILES string of the molecule is CN(Cc1ccccc1)CC(O)CN1CCCC1c1nc2ccccc2s1. The molecular weight excluding hydrogens is 354 g/mol. The van der Waals surface area contributed by atoms with Crippen LogP contribution in [-0.4, -0.2) is 52.7 Å². The van der Waals surface area contributed by atoms with E-state index in [1.165, 1.54) is 21.7 Å². The largest absolute Gasteiger partial charge is 0.390 e. The molecule has 2 heterocycles. The van der Waals surface area contributed by atoms with Gasteiger partial charge >= 0.3 is 0 Å². The Morgan fingerprint density at radius 1 is 1.19 bits per heavy atom. The zero-order chi connectivity index (χ0) is 18.6. The Labute approximate surface area is 165 Å². The predicted molar refractivity (Wildman–Crippen MR) is 112 cm³/mol. The molecule has 0 amide bonds. The zero-order valence-electron chi connectivity index (χ0n) is 15.8. The van der Waals surface area contributed by atoms with Gasteiger partial charge in [0.1, 0.15) is 5.01 Å². The topological polar surface area (TPSA) is 39.6 Å². The number of aliphatic hydroxyl groups is 1. The van der Waals surface area contributed by atoms with E-state index in [4.69, 9.17) is 4.98 Å². The molecule has 1 fully saturated rings. The van der Waals surface area contributed by atoms with Crippen LogP contribution in [-0.2, 0) is 6.54 Å². The predicted octanol–water partition coefficient (Wildman–Crippen LogP) is 3.93. The second-order valence-corrected chi connectivity index (χ2v) is 8.57. The smallest absolute Gasteiger partial charge is 0.111 e. The molecule has 0 aliphatic carbocycles. The quantitative estimate of drug-likeness (QED) is 0.673. The van der Waals surface area contributed by atoms with Crippen LogP contribution >= 0.6 is 11.3 Å². The third kappa shape index (κ3) is 4.55. The van der Waals surface area contributed by atoms with Crippen LogP contribution in [0.1, 0.15) is 29.5 Å². The Balaban J connectivity index is 1.36. The Morgan fingerprint density at radius 3 is 2.78 bits per heavy atom. The molecule has 2 unspecified atom stereocenters. The van der Waals surface area contributed by atoms with Crippen LogP contribution in [0.3, 0.4) is 0 Å². The van der Waals surface area contributed by atoms with Gasteiger partial charge < -0.3 is 5.11 Å². The first-order valence-electron chi connectivity index (χ1n) is 9.69. The highest BCUT2D eigenvalue weighted by atomic mass is 32.1. The summed E-state index contributed by atoms with van der Waals surface area (Å²) in [7, 11) is 2.07. The molecule has 1 N–H and O–H groups in total. The molecule has 142 valence electrons. The van der Waals surface area contributed by atoms with E-state index in [1.54, 1.807) is 11.3 Å². The van der Waals surface area contributed by atoms with Gasteiger partial charge in [0, 0.05) is 19.6 Å². The molecule has 0 spiro atoms. The fourth-order valence-electron chi connectivity index (χ4n) is 4.00. The van der Waals surface area contributed by atoms with Crippen LogP contribution in [0.4, 0.5) is 0 Å². The van der Waals surface area contributed by atoms with Crippen LogP contribution in [0.15, 0.2) is 54.6 Å². The van der Waals surface area contributed by atoms with Gasteiger partial charge in [-0.1, -0.05) is 42.5 Å². The maximum Gasteiger partial charge on any atom is 0.111 e. The van der Waals surface area contributed by atoms with Gasteiger partial charge in [0.05, 0.1) is 22.4 Å². The lowest BCUT2D eigenvalue weighted by Crippen LogP contribution is -2.38. The average Bonchev–Trinajstić information content (AvgIpc) is 3.28. The number of thiazole rings is 1. The maximum absolute atomic E-state index is 10.7. The molecule has 5 heteroatoms. The van der Waals surface area contributed by atoms with E-state index in [0.717, 1.165) is 25.0 Å². The molecule has 2 atom stereocenters. The lowest BCUT2D eigenvalue weighted by Gasteiger charge is -2.27. The highest BCUT2D eigenvalue weighted by Gasteiger charge is 2.30. The number of likely N-dealkylation sites (N-methyl/N-ethyl adjacent to an activating group) is 1. The van der Waals surface area contributed by atoms with E-state index >= 15 is 0 Å². The second-order valence-electron chi connectivity index (χ2n) is 7.51. The molecule has 3 aromatic rings. The minimum Gasteiger partial charge on any atom is -0.390 e. The summed E-state index contributed by atoms with van der Waals surface area (Å²) in [5.41, 5.74) is 2.37. The van der Waals surface area contributed by atoms with E-state index in [2.05, 4.69) is 59.3 Å². The summed E-state index contributed by atoms with van der Waals surface area (Å²) in [5.74, 6) is 0. The highest BCUT2D eigenvalue weighted by molar-refractivity contribution is 7.18. The van der Waals surface area contributed by atoms with Crippen molar-refractivity contribution in [3.05, 3.63) is 65.2 Å². The van der Waals surface area contributed by atoms with Gasteiger partial charge in [-0.25, -0.2) is 4.98 Å². The van der Waals surface area contributed by atoms with Crippen molar-refractivity contribution >= 4 is 21.6 Å². The van der Waals surface area contributed by atoms with Crippen molar-refractivity contribution in [3.8, 4) is 0 Å². The highest BCUT2D eigenvalue weighted by Crippen LogP contribution is 2.36. The summed E-state index contributed by atoms with van der Waals surface area (Å²) < 4.78 is 1.25. The average molecular weight is 382 g/mol. The van der Waals surface area contributed by atoms with E-state index in [0.29, 0.717) is 19.1 Å². The molecule has 1 saturated heterocycles. The molecule has 2 aromatic carbocycles. The summed E-state index contributed by atoms with van der Waals surface area (Å²) in [6.07, 6.45) is 1.95. The molecule has 1 aliphatic rings. The van der Waals surface area contributed by atoms with Crippen LogP contribution in [0.2, 0.25) is 0 Å². The number of hydrogen-bond donors (Lipinski definition) is 1. The van der Waals surface area contributed by atoms with Crippen molar-refractivity contribution in [1.82, 2.24) is 14.8 Å². The molecule has 27 heavy (non-hydrogen) atoms. The molecule has 4 rings (SSSR count). The minimum absolute atomic E-state index is 0.344. The fraction of sp³-hybridized carbons (Fsp3) is 0.409. The van der Waals surface area contributed by atoms with Crippen molar-refractivity contribution in [2.75, 3.05) is 26.7 Å². The summed E-state index contributed by atoms with van der Waals surface area (Å²) in [5, 5.41) is 11.9. The number of β-amino-alcohol motifs (C(OH)–C–C–N with tert-alkyl or cyclic N) is 1. The third-order valence-electron chi connectivity index (χ3n) is 5.22. The minimum atomic E-state index is -0.353. The summed E-state index contributed by atoms with van der Waals surface area (Å²) in [6, 6.07) is 19.1. The van der Waals surface area contributed by atoms with E-state index in [9.17, 15) is 5.11 Å². The van der Waals surface area contributed by atoms with E-state index in [1.807, 2.05) is 12.1 Å². The molecular formula is C22H27N3OS. The molecule has 0 bridgehead atoms. The number of aromatic nitrogens is 1. The number of hydrogen-bond acceptors (Lipinski definition) is 5. The zero-order valence-corrected chi connectivity index (χ0v) is 16.6. The maximum atomic E-state index is 10.7. The Kier molecular flexibility index (Phi) is 5.83. The number of rotatable bonds is 7. The van der Waals surface area contributed by atoms with Crippen LogP contribution in [0.25, 0.3) is 10.2 Å². The lowest BCUT2D eigenvalue weighted by atomic mass is 10.2. The Morgan fingerprint density at radius 2 is 1.96 bits per heavy atom. The number of aliphatic hydroxyl groups excluding tert-OH is 1. The van der Waals surface area contributed by atoms with Gasteiger partial charge in [-0.2, -0.15) is 0 Å². The number of benzene rings is 2. The first-order chi connectivity index (χ1) is 13.2. The van der Waals surface area contributed by atoms with Gasteiger partial charge in [-0.3, -0.25) is 9.80 Å². The third-order valence-corrected chi connectivity index (χ3v) is 6.36. The van der Waals surface area contributed by atoms with Crippen LogP contribution < -0.4 is 0 Å². The fourth-order valence-corrected chi connectivity index (χ4v) is 5.14. The summed E-state index contributed by atoms with van der Waals surface area (Å²) in [4.78, 5) is 9.47.